The van der Waals surface area contributed by atoms with Crippen molar-refractivity contribution in [3.8, 4) is 0 Å². The van der Waals surface area contributed by atoms with E-state index in [1.165, 1.54) is 11.8 Å². The normalized spacial score (nSPS) is 14.8. The Morgan fingerprint density at radius 1 is 1.56 bits per heavy atom. The zero-order chi connectivity index (χ0) is 11.7. The minimum atomic E-state index is -0.859. The third kappa shape index (κ3) is 2.08. The van der Waals surface area contributed by atoms with Crippen LogP contribution in [0.4, 0.5) is 0 Å². The average molecular weight is 240 g/mol. The third-order valence-corrected chi connectivity index (χ3v) is 3.11. The molecule has 6 nitrogen and oxygen atoms in total. The monoisotopic (exact) mass is 240 g/mol. The summed E-state index contributed by atoms with van der Waals surface area (Å²) in [6.45, 7) is 4.01. The van der Waals surface area contributed by atoms with Gasteiger partial charge in [0.15, 0.2) is 5.82 Å². The van der Waals surface area contributed by atoms with Crippen molar-refractivity contribution in [2.45, 2.75) is 31.3 Å². The lowest BCUT2D eigenvalue weighted by atomic mass is 10.2. The topological polar surface area (TPSA) is 80.4 Å². The fourth-order valence-electron chi connectivity index (χ4n) is 1.40. The molecular formula is C9H12N4O2S. The predicted octanol–water partition coefficient (Wildman–Crippen LogP) is 1.19. The van der Waals surface area contributed by atoms with Crippen LogP contribution in [0.5, 0.6) is 0 Å². The van der Waals surface area contributed by atoms with Crippen LogP contribution in [0.3, 0.4) is 0 Å². The highest BCUT2D eigenvalue weighted by Crippen LogP contribution is 2.25. The first-order valence-electron chi connectivity index (χ1n) is 4.94. The minimum Gasteiger partial charge on any atom is -0.481 e. The van der Waals surface area contributed by atoms with Gasteiger partial charge in [-0.3, -0.25) is 4.79 Å². The molecule has 0 aliphatic carbocycles. The van der Waals surface area contributed by atoms with Crippen LogP contribution in [-0.4, -0.2) is 37.4 Å². The van der Waals surface area contributed by atoms with Crippen LogP contribution in [0.25, 0.3) is 0 Å². The van der Waals surface area contributed by atoms with Crippen molar-refractivity contribution in [3.05, 3.63) is 5.82 Å². The van der Waals surface area contributed by atoms with Gasteiger partial charge in [0.05, 0.1) is 12.1 Å². The summed E-state index contributed by atoms with van der Waals surface area (Å²) in [7, 11) is 0. The molecule has 0 saturated heterocycles. The summed E-state index contributed by atoms with van der Waals surface area (Å²) < 4.78 is 1.65. The Kier molecular flexibility index (Phi) is 2.95. The van der Waals surface area contributed by atoms with E-state index in [1.54, 1.807) is 4.68 Å². The third-order valence-electron chi connectivity index (χ3n) is 2.12. The lowest BCUT2D eigenvalue weighted by Crippen LogP contribution is -2.17. The molecule has 1 N–H and O–H groups in total. The van der Waals surface area contributed by atoms with Crippen molar-refractivity contribution >= 4 is 23.4 Å². The molecule has 0 unspecified atom stereocenters. The molecule has 86 valence electrons. The molecule has 0 radical (unpaired) electrons. The van der Waals surface area contributed by atoms with E-state index in [4.69, 9.17) is 5.11 Å². The van der Waals surface area contributed by atoms with Crippen LogP contribution in [0, 0.1) is 0 Å². The molecule has 0 saturated carbocycles. The van der Waals surface area contributed by atoms with Gasteiger partial charge in [0.25, 0.3) is 0 Å². The smallest absolute Gasteiger partial charge is 0.309 e. The number of hydrogen-bond donors (Lipinski definition) is 1. The minimum absolute atomic E-state index is 0.0256. The summed E-state index contributed by atoms with van der Waals surface area (Å²) in [5.41, 5.74) is 0.645. The molecular weight excluding hydrogens is 228 g/mol. The highest BCUT2D eigenvalue weighted by Gasteiger charge is 2.21. The van der Waals surface area contributed by atoms with E-state index in [-0.39, 0.29) is 12.3 Å². The Labute approximate surface area is 96.8 Å². The number of rotatable bonds is 3. The van der Waals surface area contributed by atoms with Crippen molar-refractivity contribution in [1.29, 1.82) is 0 Å². The summed E-state index contributed by atoms with van der Waals surface area (Å²) >= 11 is 1.47. The van der Waals surface area contributed by atoms with Crippen LogP contribution in [0.2, 0.25) is 0 Å². The molecule has 1 aromatic heterocycles. The first-order valence-corrected chi connectivity index (χ1v) is 5.93. The Balaban J connectivity index is 2.33. The van der Waals surface area contributed by atoms with Crippen molar-refractivity contribution in [1.82, 2.24) is 14.9 Å². The molecule has 0 atom stereocenters. The van der Waals surface area contributed by atoms with Gasteiger partial charge in [0, 0.05) is 11.7 Å². The van der Waals surface area contributed by atoms with Crippen LogP contribution in [0.15, 0.2) is 10.3 Å². The van der Waals surface area contributed by atoms with Gasteiger partial charge in [0.2, 0.25) is 5.16 Å². The summed E-state index contributed by atoms with van der Waals surface area (Å²) in [6, 6.07) is 0. The Morgan fingerprint density at radius 2 is 2.31 bits per heavy atom. The van der Waals surface area contributed by atoms with Crippen molar-refractivity contribution in [2.24, 2.45) is 5.10 Å². The number of fused-ring (bicyclic) bond motifs is 1. The molecule has 1 aromatic rings. The van der Waals surface area contributed by atoms with Gasteiger partial charge in [-0.05, 0) is 0 Å². The van der Waals surface area contributed by atoms with Gasteiger partial charge >= 0.3 is 5.97 Å². The number of aromatic nitrogens is 3. The second-order valence-electron chi connectivity index (χ2n) is 3.83. The van der Waals surface area contributed by atoms with Crippen LogP contribution in [-0.2, 0) is 4.79 Å². The van der Waals surface area contributed by atoms with Gasteiger partial charge in [-0.15, -0.1) is 10.2 Å². The summed E-state index contributed by atoms with van der Waals surface area (Å²) in [5.74, 6) is 0.699. The maximum Gasteiger partial charge on any atom is 0.309 e. The SMILES string of the molecule is CC(C)c1nnc2n1N=C(CC(=O)O)CS2. The maximum atomic E-state index is 10.6. The van der Waals surface area contributed by atoms with E-state index in [0.717, 1.165) is 11.0 Å². The second kappa shape index (κ2) is 4.25. The maximum absolute atomic E-state index is 10.6. The Hall–Kier alpha value is -1.37. The van der Waals surface area contributed by atoms with E-state index >= 15 is 0 Å². The van der Waals surface area contributed by atoms with Crippen molar-refractivity contribution in [2.75, 3.05) is 5.75 Å². The highest BCUT2D eigenvalue weighted by molar-refractivity contribution is 7.99. The fraction of sp³-hybridized carbons (Fsp3) is 0.556. The molecule has 1 aliphatic heterocycles. The molecule has 0 amide bonds. The van der Waals surface area contributed by atoms with Gasteiger partial charge < -0.3 is 5.11 Å². The number of aliphatic carboxylic acids is 1. The molecule has 16 heavy (non-hydrogen) atoms. The molecule has 0 fully saturated rings. The van der Waals surface area contributed by atoms with E-state index in [2.05, 4.69) is 15.3 Å². The number of thioether (sulfide) groups is 1. The largest absolute Gasteiger partial charge is 0.481 e. The standard InChI is InChI=1S/C9H12N4O2S/c1-5(2)8-10-11-9-13(8)12-6(4-16-9)3-7(14)15/h5H,3-4H2,1-2H3,(H,14,15). The fourth-order valence-corrected chi connectivity index (χ4v) is 2.21. The van der Waals surface area contributed by atoms with E-state index in [9.17, 15) is 4.79 Å². The number of nitrogens with zero attached hydrogens (tertiary/aromatic N) is 4. The molecule has 2 heterocycles. The molecule has 7 heteroatoms. The zero-order valence-corrected chi connectivity index (χ0v) is 9.86. The number of carboxylic acid groups (broad SMARTS) is 1. The quantitative estimate of drug-likeness (QED) is 0.858. The lowest BCUT2D eigenvalue weighted by Gasteiger charge is -2.13. The van der Waals surface area contributed by atoms with Crippen LogP contribution < -0.4 is 0 Å². The zero-order valence-electron chi connectivity index (χ0n) is 9.04. The van der Waals surface area contributed by atoms with Gasteiger partial charge in [0.1, 0.15) is 0 Å². The van der Waals surface area contributed by atoms with Crippen LogP contribution >= 0.6 is 11.8 Å². The molecule has 0 bridgehead atoms. The second-order valence-corrected chi connectivity index (χ2v) is 4.78. The summed E-state index contributed by atoms with van der Waals surface area (Å²) in [4.78, 5) is 10.6. The summed E-state index contributed by atoms with van der Waals surface area (Å²) in [6.07, 6.45) is -0.0256. The van der Waals surface area contributed by atoms with Crippen LogP contribution in [0.1, 0.15) is 32.0 Å². The highest BCUT2D eigenvalue weighted by atomic mass is 32.2. The lowest BCUT2D eigenvalue weighted by molar-refractivity contribution is -0.135. The van der Waals surface area contributed by atoms with E-state index < -0.39 is 5.97 Å². The molecule has 0 aromatic carbocycles. The average Bonchev–Trinajstić information content (AvgIpc) is 2.59. The van der Waals surface area contributed by atoms with Gasteiger partial charge in [-0.2, -0.15) is 9.78 Å². The number of hydrogen-bond acceptors (Lipinski definition) is 5. The predicted molar refractivity (Wildman–Crippen MR) is 59.9 cm³/mol. The Bertz CT molecular complexity index is 452. The summed E-state index contributed by atoms with van der Waals surface area (Å²) in [5, 5.41) is 21.8. The van der Waals surface area contributed by atoms with Crippen molar-refractivity contribution < 1.29 is 9.90 Å². The first kappa shape index (κ1) is 11.1. The van der Waals surface area contributed by atoms with Crippen molar-refractivity contribution in [3.63, 3.8) is 0 Å². The molecule has 1 aliphatic rings. The van der Waals surface area contributed by atoms with Gasteiger partial charge in [-0.25, -0.2) is 0 Å². The first-order chi connectivity index (χ1) is 7.58. The van der Waals surface area contributed by atoms with E-state index in [0.29, 0.717) is 11.5 Å². The van der Waals surface area contributed by atoms with E-state index in [1.807, 2.05) is 13.8 Å². The Morgan fingerprint density at radius 3 is 2.94 bits per heavy atom. The number of carboxylic acids is 1. The molecule has 0 spiro atoms. The molecule has 2 rings (SSSR count). The number of carbonyl (C=O) groups is 1. The van der Waals surface area contributed by atoms with Gasteiger partial charge in [-0.1, -0.05) is 25.6 Å².